The van der Waals surface area contributed by atoms with Gasteiger partial charge < -0.3 is 5.32 Å². The Morgan fingerprint density at radius 1 is 1.44 bits per heavy atom. The fourth-order valence-electron chi connectivity index (χ4n) is 1.59. The molecule has 1 N–H and O–H groups in total. The average Bonchev–Trinajstić information content (AvgIpc) is 2.96. The van der Waals surface area contributed by atoms with Gasteiger partial charge in [0.2, 0.25) is 0 Å². The van der Waals surface area contributed by atoms with Gasteiger partial charge in [-0.05, 0) is 13.3 Å². The second kappa shape index (κ2) is 5.52. The van der Waals surface area contributed by atoms with Crippen molar-refractivity contribution in [3.05, 3.63) is 33.2 Å². The summed E-state index contributed by atoms with van der Waals surface area (Å²) in [6.45, 7) is 4.35. The van der Waals surface area contributed by atoms with Crippen molar-refractivity contribution in [2.45, 2.75) is 32.4 Å². The maximum atomic E-state index is 4.37. The van der Waals surface area contributed by atoms with Crippen LogP contribution in [-0.4, -0.2) is 9.97 Å². The van der Waals surface area contributed by atoms with Gasteiger partial charge in [0.05, 0.1) is 11.6 Å². The lowest BCUT2D eigenvalue weighted by atomic mass is 10.2. The quantitative estimate of drug-likeness (QED) is 0.887. The summed E-state index contributed by atoms with van der Waals surface area (Å²) in [6.07, 6.45) is 4.84. The fraction of sp³-hybridized carbons (Fsp3) is 0.455. The van der Waals surface area contributed by atoms with E-state index in [2.05, 4.69) is 29.1 Å². The van der Waals surface area contributed by atoms with Gasteiger partial charge in [-0.3, -0.25) is 4.98 Å². The zero-order valence-electron chi connectivity index (χ0n) is 9.38. The summed E-state index contributed by atoms with van der Waals surface area (Å²) < 4.78 is 0. The van der Waals surface area contributed by atoms with Gasteiger partial charge >= 0.3 is 0 Å². The minimum Gasteiger partial charge on any atom is -0.300 e. The van der Waals surface area contributed by atoms with Crippen LogP contribution in [0.15, 0.2) is 23.3 Å². The largest absolute Gasteiger partial charge is 0.300 e. The Hall–Kier alpha value is -0.780. The molecule has 0 aliphatic rings. The molecule has 0 fully saturated rings. The number of aromatic nitrogens is 2. The molecule has 0 saturated carbocycles. The topological polar surface area (TPSA) is 37.8 Å². The number of nitrogens with one attached hydrogen (secondary N) is 1. The van der Waals surface area contributed by atoms with Crippen molar-refractivity contribution in [1.29, 1.82) is 0 Å². The van der Waals surface area contributed by atoms with Crippen molar-refractivity contribution in [2.24, 2.45) is 0 Å². The van der Waals surface area contributed by atoms with Gasteiger partial charge in [-0.15, -0.1) is 22.7 Å². The van der Waals surface area contributed by atoms with E-state index in [-0.39, 0.29) is 0 Å². The first-order valence-corrected chi connectivity index (χ1v) is 7.11. The predicted molar refractivity (Wildman–Crippen MR) is 68.8 cm³/mol. The molecule has 2 aromatic rings. The van der Waals surface area contributed by atoms with Gasteiger partial charge in [-0.1, -0.05) is 6.92 Å². The Morgan fingerprint density at radius 2 is 2.31 bits per heavy atom. The van der Waals surface area contributed by atoms with Crippen LogP contribution in [0.2, 0.25) is 0 Å². The lowest BCUT2D eigenvalue weighted by molar-refractivity contribution is 0.459. The van der Waals surface area contributed by atoms with Gasteiger partial charge in [0, 0.05) is 28.7 Å². The van der Waals surface area contributed by atoms with E-state index in [1.807, 2.05) is 23.3 Å². The molecule has 2 rings (SSSR count). The predicted octanol–water partition coefficient (Wildman–Crippen LogP) is 3.40. The van der Waals surface area contributed by atoms with Crippen molar-refractivity contribution in [2.75, 3.05) is 0 Å². The molecular weight excluding hydrogens is 238 g/mol. The first-order valence-electron chi connectivity index (χ1n) is 5.35. The van der Waals surface area contributed by atoms with E-state index in [9.17, 15) is 0 Å². The average molecular weight is 253 g/mol. The first kappa shape index (κ1) is 11.7. The molecule has 16 heavy (non-hydrogen) atoms. The molecular formula is C11H15N3S2. The Kier molecular flexibility index (Phi) is 4.04. The molecule has 86 valence electrons. The molecule has 0 radical (unpaired) electrons. The van der Waals surface area contributed by atoms with Crippen LogP contribution < -0.4 is 5.32 Å². The van der Waals surface area contributed by atoms with Gasteiger partial charge in [0.25, 0.3) is 0 Å². The minimum atomic E-state index is 0.335. The summed E-state index contributed by atoms with van der Waals surface area (Å²) in [5.74, 6) is 0. The summed E-state index contributed by atoms with van der Waals surface area (Å²) in [6, 6.07) is 0.679. The molecule has 2 atom stereocenters. The van der Waals surface area contributed by atoms with Crippen molar-refractivity contribution < 1.29 is 0 Å². The summed E-state index contributed by atoms with van der Waals surface area (Å²) in [5.41, 5.74) is 1.87. The second-order valence-electron chi connectivity index (χ2n) is 3.62. The first-order chi connectivity index (χ1) is 7.81. The highest BCUT2D eigenvalue weighted by atomic mass is 32.1. The van der Waals surface area contributed by atoms with Crippen LogP contribution >= 0.6 is 22.7 Å². The van der Waals surface area contributed by atoms with E-state index in [0.29, 0.717) is 12.1 Å². The Labute approximate surface area is 104 Å². The van der Waals surface area contributed by atoms with Crippen molar-refractivity contribution in [3.8, 4) is 0 Å². The highest BCUT2D eigenvalue weighted by Gasteiger charge is 2.16. The Balaban J connectivity index is 2.02. The molecule has 0 amide bonds. The zero-order valence-corrected chi connectivity index (χ0v) is 11.0. The minimum absolute atomic E-state index is 0.335. The third-order valence-electron chi connectivity index (χ3n) is 2.49. The monoisotopic (exact) mass is 253 g/mol. The van der Waals surface area contributed by atoms with Crippen molar-refractivity contribution in [3.63, 3.8) is 0 Å². The van der Waals surface area contributed by atoms with E-state index >= 15 is 0 Å². The maximum absolute atomic E-state index is 4.37. The standard InChI is InChI=1S/C11H15N3S2/c1-3-9(11-13-4-5-15-11)14-8(2)10-6-12-7-16-10/h4-9,14H,3H2,1-2H3. The molecule has 0 saturated heterocycles. The van der Waals surface area contributed by atoms with Crippen LogP contribution in [0.4, 0.5) is 0 Å². The lowest BCUT2D eigenvalue weighted by Crippen LogP contribution is -2.23. The molecule has 2 heterocycles. The van der Waals surface area contributed by atoms with E-state index < -0.39 is 0 Å². The van der Waals surface area contributed by atoms with Gasteiger partial charge in [-0.25, -0.2) is 4.98 Å². The molecule has 0 aliphatic heterocycles. The number of thiazole rings is 2. The van der Waals surface area contributed by atoms with Crippen LogP contribution in [0.25, 0.3) is 0 Å². The summed E-state index contributed by atoms with van der Waals surface area (Å²) in [7, 11) is 0. The number of hydrogen-bond acceptors (Lipinski definition) is 5. The van der Waals surface area contributed by atoms with E-state index in [1.165, 1.54) is 9.88 Å². The fourth-order valence-corrected chi connectivity index (χ4v) is 3.01. The second-order valence-corrected chi connectivity index (χ2v) is 5.47. The van der Waals surface area contributed by atoms with Crippen molar-refractivity contribution >= 4 is 22.7 Å². The van der Waals surface area contributed by atoms with E-state index in [4.69, 9.17) is 0 Å². The smallest absolute Gasteiger partial charge is 0.109 e. The third-order valence-corrected chi connectivity index (χ3v) is 4.33. The Bertz CT molecular complexity index is 397. The summed E-state index contributed by atoms with van der Waals surface area (Å²) >= 11 is 3.40. The third kappa shape index (κ3) is 2.66. The molecule has 0 aromatic carbocycles. The van der Waals surface area contributed by atoms with E-state index in [0.717, 1.165) is 6.42 Å². The molecule has 0 aliphatic carbocycles. The molecule has 0 spiro atoms. The SMILES string of the molecule is CCC(NC(C)c1cncs1)c1nccs1. The zero-order chi connectivity index (χ0) is 11.4. The van der Waals surface area contributed by atoms with Crippen LogP contribution in [0.5, 0.6) is 0 Å². The number of nitrogens with zero attached hydrogens (tertiary/aromatic N) is 2. The van der Waals surface area contributed by atoms with Gasteiger partial charge in [-0.2, -0.15) is 0 Å². The Morgan fingerprint density at radius 3 is 2.88 bits per heavy atom. The van der Waals surface area contributed by atoms with Crippen molar-refractivity contribution in [1.82, 2.24) is 15.3 Å². The number of hydrogen-bond donors (Lipinski definition) is 1. The van der Waals surface area contributed by atoms with Gasteiger partial charge in [0.15, 0.2) is 0 Å². The lowest BCUT2D eigenvalue weighted by Gasteiger charge is -2.19. The van der Waals surface area contributed by atoms with Crippen LogP contribution in [0, 0.1) is 0 Å². The highest BCUT2D eigenvalue weighted by Crippen LogP contribution is 2.24. The van der Waals surface area contributed by atoms with Crippen LogP contribution in [0.3, 0.4) is 0 Å². The highest BCUT2D eigenvalue weighted by molar-refractivity contribution is 7.10. The summed E-state index contributed by atoms with van der Waals surface area (Å²) in [5, 5.41) is 6.78. The molecule has 3 nitrogen and oxygen atoms in total. The number of rotatable bonds is 5. The molecule has 2 unspecified atom stereocenters. The molecule has 0 bridgehead atoms. The van der Waals surface area contributed by atoms with Gasteiger partial charge in [0.1, 0.15) is 5.01 Å². The molecule has 5 heteroatoms. The van der Waals surface area contributed by atoms with E-state index in [1.54, 1.807) is 22.7 Å². The normalized spacial score (nSPS) is 14.9. The van der Waals surface area contributed by atoms with Crippen LogP contribution in [0.1, 0.15) is 42.2 Å². The van der Waals surface area contributed by atoms with Crippen LogP contribution in [-0.2, 0) is 0 Å². The maximum Gasteiger partial charge on any atom is 0.109 e. The molecule has 2 aromatic heterocycles. The summed E-state index contributed by atoms with van der Waals surface area (Å²) in [4.78, 5) is 9.74.